The van der Waals surface area contributed by atoms with Crippen molar-refractivity contribution in [3.05, 3.63) is 33.2 Å². The van der Waals surface area contributed by atoms with E-state index in [0.29, 0.717) is 23.2 Å². The molecule has 0 aliphatic carbocycles. The normalized spacial score (nSPS) is 9.42. The maximum Gasteiger partial charge on any atom is 0.251 e. The summed E-state index contributed by atoms with van der Waals surface area (Å²) in [5.74, 6) is 0. The fourth-order valence-corrected chi connectivity index (χ4v) is 1.04. The number of hydrogen-bond acceptors (Lipinski definition) is 2. The number of nitrogens with one attached hydrogen (secondary N) is 1. The number of pyridine rings is 1. The molecule has 1 aromatic heterocycles. The van der Waals surface area contributed by atoms with Gasteiger partial charge in [0.25, 0.3) is 5.56 Å². The van der Waals surface area contributed by atoms with E-state index in [1.54, 1.807) is 13.0 Å². The monoisotopic (exact) mass is 162 g/mol. The smallest absolute Gasteiger partial charge is 0.251 e. The summed E-state index contributed by atoms with van der Waals surface area (Å²) >= 11 is 0. The summed E-state index contributed by atoms with van der Waals surface area (Å²) in [6.45, 7) is 3.61. The van der Waals surface area contributed by atoms with Gasteiger partial charge in [-0.1, -0.05) is 6.92 Å². The van der Waals surface area contributed by atoms with Crippen LogP contribution in [0.5, 0.6) is 0 Å². The highest BCUT2D eigenvalue weighted by atomic mass is 16.1. The first-order chi connectivity index (χ1) is 5.69. The van der Waals surface area contributed by atoms with Gasteiger partial charge in [-0.15, -0.1) is 0 Å². The van der Waals surface area contributed by atoms with Gasteiger partial charge in [-0.25, -0.2) is 0 Å². The standard InChI is InChI=1S/C9H10N2O/c1-3-7-4-8(5-10)6(2)11-9(7)12/h4H,3H2,1-2H3,(H,11,12). The quantitative estimate of drug-likeness (QED) is 0.672. The summed E-state index contributed by atoms with van der Waals surface area (Å²) in [7, 11) is 0. The molecule has 1 aromatic rings. The van der Waals surface area contributed by atoms with Crippen LogP contribution in [0.15, 0.2) is 10.9 Å². The maximum absolute atomic E-state index is 11.2. The van der Waals surface area contributed by atoms with Crippen LogP contribution in [0.3, 0.4) is 0 Å². The minimum atomic E-state index is -0.0889. The Kier molecular flexibility index (Phi) is 2.29. The molecule has 3 nitrogen and oxygen atoms in total. The summed E-state index contributed by atoms with van der Waals surface area (Å²) in [6.07, 6.45) is 0.657. The van der Waals surface area contributed by atoms with E-state index in [-0.39, 0.29) is 5.56 Å². The fraction of sp³-hybridized carbons (Fsp3) is 0.333. The van der Waals surface area contributed by atoms with Crippen LogP contribution in [0, 0.1) is 18.3 Å². The first-order valence-electron chi connectivity index (χ1n) is 3.82. The Morgan fingerprint density at radius 3 is 2.83 bits per heavy atom. The van der Waals surface area contributed by atoms with Gasteiger partial charge in [-0.3, -0.25) is 4.79 Å². The molecule has 0 amide bonds. The van der Waals surface area contributed by atoms with Crippen molar-refractivity contribution < 1.29 is 0 Å². The van der Waals surface area contributed by atoms with Crippen molar-refractivity contribution in [2.24, 2.45) is 0 Å². The average Bonchev–Trinajstić information content (AvgIpc) is 2.05. The average molecular weight is 162 g/mol. The van der Waals surface area contributed by atoms with Crippen LogP contribution in [-0.4, -0.2) is 4.98 Å². The van der Waals surface area contributed by atoms with Crippen molar-refractivity contribution in [2.75, 3.05) is 0 Å². The molecule has 0 aliphatic heterocycles. The zero-order valence-corrected chi connectivity index (χ0v) is 7.14. The number of nitriles is 1. The number of hydrogen-bond donors (Lipinski definition) is 1. The zero-order chi connectivity index (χ0) is 9.14. The molecule has 0 atom stereocenters. The molecule has 0 radical (unpaired) electrons. The maximum atomic E-state index is 11.2. The molecule has 1 heterocycles. The molecule has 12 heavy (non-hydrogen) atoms. The molecule has 3 heteroatoms. The van der Waals surface area contributed by atoms with Crippen LogP contribution in [0.2, 0.25) is 0 Å². The number of H-pyrrole nitrogens is 1. The Labute approximate surface area is 70.7 Å². The van der Waals surface area contributed by atoms with E-state index in [2.05, 4.69) is 4.98 Å². The molecule has 0 spiro atoms. The highest BCUT2D eigenvalue weighted by Crippen LogP contribution is 2.02. The van der Waals surface area contributed by atoms with E-state index in [0.717, 1.165) is 0 Å². The van der Waals surface area contributed by atoms with Gasteiger partial charge in [-0.05, 0) is 19.4 Å². The lowest BCUT2D eigenvalue weighted by molar-refractivity contribution is 1.02. The summed E-state index contributed by atoms with van der Waals surface area (Å²) < 4.78 is 0. The molecule has 0 bridgehead atoms. The van der Waals surface area contributed by atoms with E-state index in [1.807, 2.05) is 13.0 Å². The van der Waals surface area contributed by atoms with Crippen molar-refractivity contribution in [3.63, 3.8) is 0 Å². The highest BCUT2D eigenvalue weighted by Gasteiger charge is 2.02. The van der Waals surface area contributed by atoms with Gasteiger partial charge in [0.1, 0.15) is 6.07 Å². The molecule has 0 aromatic carbocycles. The molecule has 1 N–H and O–H groups in total. The van der Waals surface area contributed by atoms with E-state index in [1.165, 1.54) is 0 Å². The zero-order valence-electron chi connectivity index (χ0n) is 7.14. The van der Waals surface area contributed by atoms with Crippen LogP contribution >= 0.6 is 0 Å². The lowest BCUT2D eigenvalue weighted by Crippen LogP contribution is -2.13. The predicted octanol–water partition coefficient (Wildman–Crippen LogP) is 1.12. The number of aromatic nitrogens is 1. The third-order valence-corrected chi connectivity index (χ3v) is 1.82. The first kappa shape index (κ1) is 8.54. The van der Waals surface area contributed by atoms with E-state index in [9.17, 15) is 4.79 Å². The van der Waals surface area contributed by atoms with Gasteiger partial charge in [-0.2, -0.15) is 5.26 Å². The first-order valence-corrected chi connectivity index (χ1v) is 3.82. The molecular weight excluding hydrogens is 152 g/mol. The van der Waals surface area contributed by atoms with E-state index in [4.69, 9.17) is 5.26 Å². The summed E-state index contributed by atoms with van der Waals surface area (Å²) in [4.78, 5) is 13.8. The minimum Gasteiger partial charge on any atom is -0.325 e. The number of rotatable bonds is 1. The number of aromatic amines is 1. The molecule has 0 unspecified atom stereocenters. The Hall–Kier alpha value is -1.56. The Morgan fingerprint density at radius 1 is 1.67 bits per heavy atom. The number of nitrogens with zero attached hydrogens (tertiary/aromatic N) is 1. The van der Waals surface area contributed by atoms with Gasteiger partial charge < -0.3 is 4.98 Å². The third-order valence-electron chi connectivity index (χ3n) is 1.82. The van der Waals surface area contributed by atoms with Gasteiger partial charge in [0, 0.05) is 11.3 Å². The largest absolute Gasteiger partial charge is 0.325 e. The lowest BCUT2D eigenvalue weighted by Gasteiger charge is -1.99. The molecule has 62 valence electrons. The highest BCUT2D eigenvalue weighted by molar-refractivity contribution is 5.34. The van der Waals surface area contributed by atoms with Gasteiger partial charge in [0.2, 0.25) is 0 Å². The van der Waals surface area contributed by atoms with Crippen molar-refractivity contribution >= 4 is 0 Å². The third kappa shape index (κ3) is 1.37. The van der Waals surface area contributed by atoms with Crippen molar-refractivity contribution in [3.8, 4) is 6.07 Å². The molecule has 0 saturated heterocycles. The second-order valence-electron chi connectivity index (χ2n) is 2.63. The molecule has 0 fully saturated rings. The van der Waals surface area contributed by atoms with Crippen LogP contribution < -0.4 is 5.56 Å². The van der Waals surface area contributed by atoms with Crippen LogP contribution in [-0.2, 0) is 6.42 Å². The SMILES string of the molecule is CCc1cc(C#N)c(C)[nH]c1=O. The minimum absolute atomic E-state index is 0.0889. The number of aryl methyl sites for hydroxylation is 2. The summed E-state index contributed by atoms with van der Waals surface area (Å²) in [5.41, 5.74) is 1.76. The van der Waals surface area contributed by atoms with Crippen molar-refractivity contribution in [2.45, 2.75) is 20.3 Å². The summed E-state index contributed by atoms with van der Waals surface area (Å²) in [5, 5.41) is 8.66. The van der Waals surface area contributed by atoms with Crippen LogP contribution in [0.4, 0.5) is 0 Å². The van der Waals surface area contributed by atoms with Gasteiger partial charge in [0.05, 0.1) is 5.56 Å². The van der Waals surface area contributed by atoms with Crippen molar-refractivity contribution in [1.82, 2.24) is 4.98 Å². The molecule has 0 aliphatic rings. The Bertz CT molecular complexity index is 384. The van der Waals surface area contributed by atoms with Crippen molar-refractivity contribution in [1.29, 1.82) is 5.26 Å². The van der Waals surface area contributed by atoms with E-state index < -0.39 is 0 Å². The lowest BCUT2D eigenvalue weighted by atomic mass is 10.1. The second kappa shape index (κ2) is 3.22. The molecular formula is C9H10N2O. The van der Waals surface area contributed by atoms with Crippen LogP contribution in [0.1, 0.15) is 23.7 Å². The van der Waals surface area contributed by atoms with Crippen LogP contribution in [0.25, 0.3) is 0 Å². The Balaban J connectivity index is 3.40. The molecule has 0 saturated carbocycles. The summed E-state index contributed by atoms with van der Waals surface area (Å²) in [6, 6.07) is 3.67. The molecule has 1 rings (SSSR count). The van der Waals surface area contributed by atoms with Gasteiger partial charge >= 0.3 is 0 Å². The predicted molar refractivity (Wildman–Crippen MR) is 45.9 cm³/mol. The Morgan fingerprint density at radius 2 is 2.33 bits per heavy atom. The van der Waals surface area contributed by atoms with Gasteiger partial charge in [0.15, 0.2) is 0 Å². The fourth-order valence-electron chi connectivity index (χ4n) is 1.04. The topological polar surface area (TPSA) is 56.6 Å². The second-order valence-corrected chi connectivity index (χ2v) is 2.63. The van der Waals surface area contributed by atoms with E-state index >= 15 is 0 Å².